The van der Waals surface area contributed by atoms with E-state index in [1.807, 2.05) is 35.8 Å². The smallest absolute Gasteiger partial charge is 0.273 e. The zero-order valence-electron chi connectivity index (χ0n) is 16.4. The Morgan fingerprint density at radius 1 is 1.26 bits per heavy atom. The number of hydrogen-bond donors (Lipinski definition) is 2. The number of rotatable bonds is 4. The minimum Gasteiger partial charge on any atom is -0.360 e. The molecule has 2 amide bonds. The van der Waals surface area contributed by atoms with Gasteiger partial charge in [0.2, 0.25) is 5.91 Å². The number of H-pyrrole nitrogens is 1. The highest BCUT2D eigenvalue weighted by atomic mass is 32.2. The molecule has 0 radical (unpaired) electrons. The zero-order valence-corrected chi connectivity index (χ0v) is 18.0. The topological polar surface area (TPSA) is 125 Å². The molecule has 2 aliphatic rings. The van der Waals surface area contributed by atoms with E-state index in [0.29, 0.717) is 11.6 Å². The summed E-state index contributed by atoms with van der Waals surface area (Å²) in [6, 6.07) is 7.39. The van der Waals surface area contributed by atoms with Gasteiger partial charge >= 0.3 is 0 Å². The van der Waals surface area contributed by atoms with Gasteiger partial charge in [-0.05, 0) is 12.5 Å². The lowest BCUT2D eigenvalue weighted by Crippen LogP contribution is -2.42. The second-order valence-corrected chi connectivity index (χ2v) is 10.7. The molecular formula is C20H19N5O4S2. The molecule has 2 aliphatic heterocycles. The van der Waals surface area contributed by atoms with E-state index in [1.165, 1.54) is 16.3 Å². The summed E-state index contributed by atoms with van der Waals surface area (Å²) in [5.41, 5.74) is 2.90. The third-order valence-corrected chi connectivity index (χ3v) is 7.97. The van der Waals surface area contributed by atoms with Crippen molar-refractivity contribution >= 4 is 54.7 Å². The van der Waals surface area contributed by atoms with Gasteiger partial charge in [-0.3, -0.25) is 14.9 Å². The fraction of sp³-hybridized carbons (Fsp3) is 0.300. The maximum absolute atomic E-state index is 12.7. The predicted octanol–water partition coefficient (Wildman–Crippen LogP) is 2.40. The first kappa shape index (κ1) is 19.9. The number of nitrogens with one attached hydrogen (secondary N) is 2. The number of amides is 2. The number of carbonyl (C=O) groups excluding carboxylic acids is 2. The van der Waals surface area contributed by atoms with Crippen LogP contribution in [0.1, 0.15) is 19.3 Å². The third-order valence-electron chi connectivity index (χ3n) is 5.47. The number of anilines is 1. The summed E-state index contributed by atoms with van der Waals surface area (Å²) < 4.78 is 23.5. The van der Waals surface area contributed by atoms with Crippen molar-refractivity contribution in [2.45, 2.75) is 25.3 Å². The molecule has 2 N–H and O–H groups in total. The van der Waals surface area contributed by atoms with Gasteiger partial charge in [0, 0.05) is 40.9 Å². The van der Waals surface area contributed by atoms with Crippen LogP contribution in [0.25, 0.3) is 22.2 Å². The lowest BCUT2D eigenvalue weighted by molar-refractivity contribution is -0.133. The van der Waals surface area contributed by atoms with E-state index in [9.17, 15) is 18.0 Å². The number of para-hydroxylation sites is 1. The highest BCUT2D eigenvalue weighted by Gasteiger charge is 2.37. The van der Waals surface area contributed by atoms with E-state index in [-0.39, 0.29) is 36.0 Å². The quantitative estimate of drug-likeness (QED) is 0.622. The minimum absolute atomic E-state index is 0.0359. The third kappa shape index (κ3) is 3.86. The Labute approximate surface area is 182 Å². The van der Waals surface area contributed by atoms with E-state index in [0.717, 1.165) is 22.2 Å². The number of sulfone groups is 1. The molecule has 3 aromatic rings. The number of hydrazone groups is 1. The predicted molar refractivity (Wildman–Crippen MR) is 119 cm³/mol. The summed E-state index contributed by atoms with van der Waals surface area (Å²) in [7, 11) is -3.16. The van der Waals surface area contributed by atoms with Gasteiger partial charge in [-0.25, -0.2) is 18.4 Å². The second kappa shape index (κ2) is 7.57. The number of benzene rings is 1. The average molecular weight is 458 g/mol. The molecule has 0 saturated carbocycles. The van der Waals surface area contributed by atoms with Gasteiger partial charge in [0.15, 0.2) is 15.0 Å². The molecule has 0 bridgehead atoms. The molecule has 11 heteroatoms. The highest BCUT2D eigenvalue weighted by molar-refractivity contribution is 7.91. The van der Waals surface area contributed by atoms with E-state index in [4.69, 9.17) is 0 Å². The largest absolute Gasteiger partial charge is 0.360 e. The number of fused-ring (bicyclic) bond motifs is 1. The normalized spacial score (nSPS) is 20.8. The van der Waals surface area contributed by atoms with Crippen LogP contribution in [0.15, 0.2) is 40.9 Å². The average Bonchev–Trinajstić information content (AvgIpc) is 3.46. The van der Waals surface area contributed by atoms with Crippen LogP contribution in [-0.2, 0) is 19.4 Å². The van der Waals surface area contributed by atoms with Gasteiger partial charge in [-0.1, -0.05) is 18.2 Å². The van der Waals surface area contributed by atoms with Gasteiger partial charge in [-0.15, -0.1) is 11.3 Å². The van der Waals surface area contributed by atoms with Crippen molar-refractivity contribution in [1.29, 1.82) is 0 Å². The summed E-state index contributed by atoms with van der Waals surface area (Å²) in [5.74, 6) is -0.765. The first-order valence-corrected chi connectivity index (χ1v) is 12.5. The molecule has 1 fully saturated rings. The molecule has 4 heterocycles. The van der Waals surface area contributed by atoms with Crippen LogP contribution in [0.4, 0.5) is 5.13 Å². The van der Waals surface area contributed by atoms with Crippen LogP contribution in [0.2, 0.25) is 0 Å². The lowest BCUT2D eigenvalue weighted by Gasteiger charge is -2.27. The minimum atomic E-state index is -3.16. The fourth-order valence-electron chi connectivity index (χ4n) is 3.90. The Bertz CT molecular complexity index is 1320. The van der Waals surface area contributed by atoms with Gasteiger partial charge in [0.1, 0.15) is 5.71 Å². The number of aromatic nitrogens is 2. The Morgan fingerprint density at radius 3 is 2.90 bits per heavy atom. The molecule has 0 unspecified atom stereocenters. The van der Waals surface area contributed by atoms with Crippen molar-refractivity contribution in [2.24, 2.45) is 5.10 Å². The molecular weight excluding hydrogens is 438 g/mol. The maximum Gasteiger partial charge on any atom is 0.273 e. The van der Waals surface area contributed by atoms with Crippen LogP contribution in [0.3, 0.4) is 0 Å². The monoisotopic (exact) mass is 457 g/mol. The molecule has 1 aromatic carbocycles. The highest BCUT2D eigenvalue weighted by Crippen LogP contribution is 2.31. The molecule has 1 saturated heterocycles. The first-order chi connectivity index (χ1) is 14.9. The van der Waals surface area contributed by atoms with Gasteiger partial charge in [-0.2, -0.15) is 5.10 Å². The number of carbonyl (C=O) groups is 2. The van der Waals surface area contributed by atoms with E-state index < -0.39 is 21.8 Å². The summed E-state index contributed by atoms with van der Waals surface area (Å²) in [5, 5.41) is 11.5. The number of thiazole rings is 1. The Balaban J connectivity index is 1.33. The van der Waals surface area contributed by atoms with E-state index in [2.05, 4.69) is 20.4 Å². The van der Waals surface area contributed by atoms with Crippen molar-refractivity contribution in [1.82, 2.24) is 15.0 Å². The van der Waals surface area contributed by atoms with E-state index in [1.54, 1.807) is 0 Å². The standard InChI is InChI=1S/C20H19N5O4S2/c26-18-6-5-16(24-25(18)12-7-8-31(28,29)11-12)19(27)23-20-22-17(10-30-20)14-9-21-15-4-2-1-3-13(14)15/h1-4,9-10,12,21H,5-8,11H2,(H,22,23,27)/t12-/m1/s1. The Morgan fingerprint density at radius 2 is 2.10 bits per heavy atom. The Kier molecular flexibility index (Phi) is 4.86. The van der Waals surface area contributed by atoms with Crippen LogP contribution in [0, 0.1) is 0 Å². The summed E-state index contributed by atoms with van der Waals surface area (Å²) in [6.45, 7) is 0. The maximum atomic E-state index is 12.7. The molecule has 31 heavy (non-hydrogen) atoms. The first-order valence-electron chi connectivity index (χ1n) is 9.83. The molecule has 5 rings (SSSR count). The molecule has 160 valence electrons. The van der Waals surface area contributed by atoms with Crippen molar-refractivity contribution in [3.63, 3.8) is 0 Å². The lowest BCUT2D eigenvalue weighted by atomic mass is 10.1. The van der Waals surface area contributed by atoms with Gasteiger partial charge in [0.05, 0.1) is 23.2 Å². The number of hydrogen-bond acceptors (Lipinski definition) is 7. The van der Waals surface area contributed by atoms with Crippen molar-refractivity contribution in [3.8, 4) is 11.3 Å². The molecule has 1 atom stereocenters. The van der Waals surface area contributed by atoms with Crippen LogP contribution in [-0.4, -0.2) is 58.5 Å². The fourth-order valence-corrected chi connectivity index (χ4v) is 6.29. The van der Waals surface area contributed by atoms with E-state index >= 15 is 0 Å². The molecule has 0 spiro atoms. The molecule has 0 aliphatic carbocycles. The van der Waals surface area contributed by atoms with Crippen LogP contribution in [0.5, 0.6) is 0 Å². The SMILES string of the molecule is O=C(Nc1nc(-c2c[nH]c3ccccc23)cs1)C1=NN([C@@H]2CCS(=O)(=O)C2)C(=O)CC1. The molecule has 2 aromatic heterocycles. The van der Waals surface area contributed by atoms with Crippen molar-refractivity contribution in [3.05, 3.63) is 35.8 Å². The van der Waals surface area contributed by atoms with Gasteiger partial charge < -0.3 is 4.98 Å². The van der Waals surface area contributed by atoms with Crippen LogP contribution >= 0.6 is 11.3 Å². The summed E-state index contributed by atoms with van der Waals surface area (Å²) >= 11 is 1.30. The summed E-state index contributed by atoms with van der Waals surface area (Å²) in [4.78, 5) is 32.7. The van der Waals surface area contributed by atoms with Crippen LogP contribution < -0.4 is 5.32 Å². The zero-order chi connectivity index (χ0) is 21.6. The van der Waals surface area contributed by atoms with Crippen molar-refractivity contribution in [2.75, 3.05) is 16.8 Å². The van der Waals surface area contributed by atoms with Gasteiger partial charge in [0.25, 0.3) is 5.91 Å². The Hall–Kier alpha value is -3.05. The second-order valence-electron chi connectivity index (χ2n) is 7.58. The van der Waals surface area contributed by atoms with Crippen molar-refractivity contribution < 1.29 is 18.0 Å². The number of nitrogens with zero attached hydrogens (tertiary/aromatic N) is 3. The number of aromatic amines is 1. The molecule has 9 nitrogen and oxygen atoms in total. The summed E-state index contributed by atoms with van der Waals surface area (Å²) in [6.07, 6.45) is 2.56.